The van der Waals surface area contributed by atoms with Crippen LogP contribution in [0.4, 0.5) is 21.5 Å². The summed E-state index contributed by atoms with van der Waals surface area (Å²) in [5.41, 5.74) is 12.3. The highest BCUT2D eigenvalue weighted by atomic mass is 19.1. The Morgan fingerprint density at radius 1 is 0.385 bits per heavy atom. The van der Waals surface area contributed by atoms with Gasteiger partial charge in [0.15, 0.2) is 0 Å². The number of rotatable bonds is 6. The third-order valence-corrected chi connectivity index (χ3v) is 10.1. The van der Waals surface area contributed by atoms with E-state index in [1.807, 2.05) is 36.4 Å². The number of fused-ring (bicyclic) bond motifs is 6. The van der Waals surface area contributed by atoms with Gasteiger partial charge in [0.2, 0.25) is 0 Å². The second kappa shape index (κ2) is 12.1. The van der Waals surface area contributed by atoms with Crippen LogP contribution in [0.25, 0.3) is 71.7 Å². The predicted molar refractivity (Wildman–Crippen MR) is 214 cm³/mol. The SMILES string of the molecule is Fc1ccc2c3ccccc3n(-c3cccc(-c4ccc(N(c5ccc(-c6ccccc6)cc5)c5ccc6oc7ccccc7c6c5)cc4)c3)c2c1. The molecule has 10 aromatic rings. The molecular formula is C48H31FN2O. The number of furan rings is 1. The molecule has 0 N–H and O–H groups in total. The van der Waals surface area contributed by atoms with Crippen LogP contribution in [0.2, 0.25) is 0 Å². The predicted octanol–water partition coefficient (Wildman–Crippen LogP) is 13.6. The smallest absolute Gasteiger partial charge is 0.135 e. The van der Waals surface area contributed by atoms with E-state index in [9.17, 15) is 4.39 Å². The number of benzene rings is 8. The molecule has 0 saturated heterocycles. The summed E-state index contributed by atoms with van der Waals surface area (Å²) in [5.74, 6) is -0.248. The Labute approximate surface area is 300 Å². The maximum atomic E-state index is 14.6. The first-order valence-electron chi connectivity index (χ1n) is 17.4. The molecule has 0 spiro atoms. The molecule has 246 valence electrons. The largest absolute Gasteiger partial charge is 0.456 e. The third kappa shape index (κ3) is 5.04. The lowest BCUT2D eigenvalue weighted by atomic mass is 10.0. The van der Waals surface area contributed by atoms with E-state index in [0.717, 1.165) is 77.6 Å². The van der Waals surface area contributed by atoms with Crippen LogP contribution in [0.5, 0.6) is 0 Å². The third-order valence-electron chi connectivity index (χ3n) is 10.1. The highest BCUT2D eigenvalue weighted by Crippen LogP contribution is 2.40. The molecule has 0 bridgehead atoms. The van der Waals surface area contributed by atoms with Crippen molar-refractivity contribution in [3.8, 4) is 27.9 Å². The van der Waals surface area contributed by atoms with Crippen molar-refractivity contribution >= 4 is 60.8 Å². The van der Waals surface area contributed by atoms with Gasteiger partial charge in [-0.15, -0.1) is 0 Å². The molecule has 0 aliphatic carbocycles. The van der Waals surface area contributed by atoms with Gasteiger partial charge in [0.25, 0.3) is 0 Å². The molecule has 0 aliphatic rings. The minimum Gasteiger partial charge on any atom is -0.456 e. The van der Waals surface area contributed by atoms with Gasteiger partial charge < -0.3 is 13.9 Å². The second-order valence-electron chi connectivity index (χ2n) is 13.1. The van der Waals surface area contributed by atoms with Gasteiger partial charge >= 0.3 is 0 Å². The lowest BCUT2D eigenvalue weighted by Crippen LogP contribution is -2.09. The molecule has 0 unspecified atom stereocenters. The molecule has 0 radical (unpaired) electrons. The van der Waals surface area contributed by atoms with Crippen molar-refractivity contribution in [2.24, 2.45) is 0 Å². The van der Waals surface area contributed by atoms with Gasteiger partial charge in [-0.05, 0) is 107 Å². The van der Waals surface area contributed by atoms with Crippen LogP contribution in [0.3, 0.4) is 0 Å². The molecule has 2 heterocycles. The molecule has 4 heteroatoms. The van der Waals surface area contributed by atoms with Crippen LogP contribution in [0.1, 0.15) is 0 Å². The van der Waals surface area contributed by atoms with E-state index >= 15 is 0 Å². The maximum Gasteiger partial charge on any atom is 0.135 e. The van der Waals surface area contributed by atoms with Gasteiger partial charge in [-0.25, -0.2) is 4.39 Å². The van der Waals surface area contributed by atoms with Gasteiger partial charge in [0.05, 0.1) is 11.0 Å². The zero-order valence-corrected chi connectivity index (χ0v) is 28.1. The van der Waals surface area contributed by atoms with E-state index in [4.69, 9.17) is 4.42 Å². The molecule has 0 aliphatic heterocycles. The average Bonchev–Trinajstić information content (AvgIpc) is 3.74. The molecule has 0 atom stereocenters. The fraction of sp³-hybridized carbons (Fsp3) is 0. The van der Waals surface area contributed by atoms with Crippen molar-refractivity contribution in [3.63, 3.8) is 0 Å². The Kier molecular flexibility index (Phi) is 7.00. The molecule has 8 aromatic carbocycles. The quantitative estimate of drug-likeness (QED) is 0.176. The Hall–Kier alpha value is -6.91. The fourth-order valence-electron chi connectivity index (χ4n) is 7.58. The minimum atomic E-state index is -0.248. The van der Waals surface area contributed by atoms with Crippen molar-refractivity contribution in [1.29, 1.82) is 0 Å². The number of anilines is 3. The molecule has 52 heavy (non-hydrogen) atoms. The van der Waals surface area contributed by atoms with E-state index in [-0.39, 0.29) is 5.82 Å². The van der Waals surface area contributed by atoms with Gasteiger partial charge in [0.1, 0.15) is 17.0 Å². The van der Waals surface area contributed by atoms with E-state index < -0.39 is 0 Å². The van der Waals surface area contributed by atoms with Crippen LogP contribution in [-0.4, -0.2) is 4.57 Å². The molecule has 0 fully saturated rings. The normalized spacial score (nSPS) is 11.6. The van der Waals surface area contributed by atoms with Crippen LogP contribution in [-0.2, 0) is 0 Å². The number of halogens is 1. The first kappa shape index (κ1) is 30.0. The first-order chi connectivity index (χ1) is 25.7. The van der Waals surface area contributed by atoms with E-state index in [1.165, 1.54) is 17.2 Å². The Morgan fingerprint density at radius 2 is 0.981 bits per heavy atom. The summed E-state index contributed by atoms with van der Waals surface area (Å²) < 4.78 is 22.9. The second-order valence-corrected chi connectivity index (χ2v) is 13.1. The van der Waals surface area contributed by atoms with E-state index in [2.05, 4.69) is 149 Å². The number of aromatic nitrogens is 1. The Bertz CT molecular complexity index is 2900. The summed E-state index contributed by atoms with van der Waals surface area (Å²) in [6.45, 7) is 0. The van der Waals surface area contributed by atoms with Crippen LogP contribution < -0.4 is 4.90 Å². The molecule has 10 rings (SSSR count). The van der Waals surface area contributed by atoms with E-state index in [1.54, 1.807) is 6.07 Å². The molecule has 2 aromatic heterocycles. The molecular weight excluding hydrogens is 640 g/mol. The number of hydrogen-bond acceptors (Lipinski definition) is 2. The number of para-hydroxylation sites is 2. The summed E-state index contributed by atoms with van der Waals surface area (Å²) >= 11 is 0. The van der Waals surface area contributed by atoms with Crippen molar-refractivity contribution in [2.75, 3.05) is 4.90 Å². The topological polar surface area (TPSA) is 21.3 Å². The summed E-state index contributed by atoms with van der Waals surface area (Å²) in [6, 6.07) is 64.3. The molecule has 0 saturated carbocycles. The lowest BCUT2D eigenvalue weighted by molar-refractivity contribution is 0.629. The summed E-state index contributed by atoms with van der Waals surface area (Å²) in [5, 5.41) is 4.31. The monoisotopic (exact) mass is 670 g/mol. The number of hydrogen-bond donors (Lipinski definition) is 0. The van der Waals surface area contributed by atoms with Gasteiger partial charge in [-0.1, -0.05) is 103 Å². The average molecular weight is 671 g/mol. The van der Waals surface area contributed by atoms with Crippen LogP contribution >= 0.6 is 0 Å². The van der Waals surface area contributed by atoms with Crippen LogP contribution in [0, 0.1) is 5.82 Å². The summed E-state index contributed by atoms with van der Waals surface area (Å²) in [6.07, 6.45) is 0. The van der Waals surface area contributed by atoms with E-state index in [0.29, 0.717) is 0 Å². The zero-order valence-electron chi connectivity index (χ0n) is 28.1. The van der Waals surface area contributed by atoms with Crippen LogP contribution in [0.15, 0.2) is 192 Å². The maximum absolute atomic E-state index is 14.6. The summed E-state index contributed by atoms with van der Waals surface area (Å²) in [7, 11) is 0. The summed E-state index contributed by atoms with van der Waals surface area (Å²) in [4.78, 5) is 2.29. The van der Waals surface area contributed by atoms with Crippen molar-refractivity contribution in [1.82, 2.24) is 4.57 Å². The van der Waals surface area contributed by atoms with Gasteiger partial charge in [0, 0.05) is 44.3 Å². The lowest BCUT2D eigenvalue weighted by Gasteiger charge is -2.26. The molecule has 3 nitrogen and oxygen atoms in total. The Balaban J connectivity index is 1.07. The Morgan fingerprint density at radius 3 is 1.77 bits per heavy atom. The highest BCUT2D eigenvalue weighted by Gasteiger charge is 2.17. The van der Waals surface area contributed by atoms with Gasteiger partial charge in [-0.3, -0.25) is 0 Å². The first-order valence-corrected chi connectivity index (χ1v) is 17.4. The van der Waals surface area contributed by atoms with Gasteiger partial charge in [-0.2, -0.15) is 0 Å². The minimum absolute atomic E-state index is 0.248. The number of nitrogens with zero attached hydrogens (tertiary/aromatic N) is 2. The zero-order chi connectivity index (χ0) is 34.6. The van der Waals surface area contributed by atoms with Crippen molar-refractivity contribution in [3.05, 3.63) is 194 Å². The highest BCUT2D eigenvalue weighted by molar-refractivity contribution is 6.09. The standard InChI is InChI=1S/C48H31FN2O/c49-36-21-27-42-41-13-4-6-15-45(41)51(46(42)30-36)39-12-8-11-35(29-39)34-19-24-38(25-20-34)50(37-22-17-33(18-23-37)32-9-2-1-3-10-32)40-26-28-48-44(31-40)43-14-5-7-16-47(43)52-48/h1-31H. The molecule has 0 amide bonds. The van der Waals surface area contributed by atoms with Crippen molar-refractivity contribution < 1.29 is 8.81 Å². The fourth-order valence-corrected chi connectivity index (χ4v) is 7.58. The van der Waals surface area contributed by atoms with Crippen molar-refractivity contribution in [2.45, 2.75) is 0 Å².